The zero-order chi connectivity index (χ0) is 18.9. The number of fused-ring (bicyclic) bond motifs is 1. The van der Waals surface area contributed by atoms with Gasteiger partial charge in [0.15, 0.2) is 0 Å². The maximum atomic E-state index is 13.0. The molecule has 0 radical (unpaired) electrons. The van der Waals surface area contributed by atoms with E-state index in [1.807, 2.05) is 74.6 Å². The molecular formula is C22H29N3O. The SMILES string of the molecule is C=C/C(=C\C=C/C)C[C@@H](CCNC)N(C)C(=O)c1ccc2[nH]ccc2c1. The first-order valence-electron chi connectivity index (χ1n) is 9.04. The van der Waals surface area contributed by atoms with Crippen molar-refractivity contribution in [3.63, 3.8) is 0 Å². The quantitative estimate of drug-likeness (QED) is 0.662. The van der Waals surface area contributed by atoms with Crippen LogP contribution in [-0.2, 0) is 0 Å². The summed E-state index contributed by atoms with van der Waals surface area (Å²) >= 11 is 0. The fraction of sp³-hybridized carbons (Fsp3) is 0.318. The Morgan fingerprint density at radius 3 is 2.88 bits per heavy atom. The van der Waals surface area contributed by atoms with E-state index in [1.165, 1.54) is 0 Å². The maximum Gasteiger partial charge on any atom is 0.253 e. The topological polar surface area (TPSA) is 48.1 Å². The monoisotopic (exact) mass is 351 g/mol. The summed E-state index contributed by atoms with van der Waals surface area (Å²) in [6.45, 7) is 6.76. The lowest BCUT2D eigenvalue weighted by molar-refractivity contribution is 0.0724. The second-order valence-corrected chi connectivity index (χ2v) is 6.42. The minimum Gasteiger partial charge on any atom is -0.361 e. The Morgan fingerprint density at radius 2 is 2.19 bits per heavy atom. The largest absolute Gasteiger partial charge is 0.361 e. The van der Waals surface area contributed by atoms with Gasteiger partial charge in [0.1, 0.15) is 0 Å². The van der Waals surface area contributed by atoms with Crippen molar-refractivity contribution in [2.45, 2.75) is 25.8 Å². The van der Waals surface area contributed by atoms with Crippen LogP contribution in [0.5, 0.6) is 0 Å². The molecule has 138 valence electrons. The average Bonchev–Trinajstić information content (AvgIpc) is 3.14. The molecule has 1 heterocycles. The number of amides is 1. The summed E-state index contributed by atoms with van der Waals surface area (Å²) in [5.41, 5.74) is 2.88. The van der Waals surface area contributed by atoms with Crippen LogP contribution in [0.3, 0.4) is 0 Å². The number of H-pyrrole nitrogens is 1. The standard InChI is InChI=1S/C22H29N3O/c1-5-7-8-17(6-2)15-20(12-13-23-3)25(4)22(26)19-9-10-21-18(16-19)11-14-24-21/h5-11,14,16,20,23-24H,2,12-13,15H2,1,3-4H3/b7-5-,17-8+/t20-/m1/s1. The van der Waals surface area contributed by atoms with Gasteiger partial charge < -0.3 is 15.2 Å². The number of carbonyl (C=O) groups is 1. The molecule has 2 aromatic rings. The Morgan fingerprint density at radius 1 is 1.38 bits per heavy atom. The van der Waals surface area contributed by atoms with Gasteiger partial charge in [-0.3, -0.25) is 4.79 Å². The van der Waals surface area contributed by atoms with Crippen molar-refractivity contribution in [2.75, 3.05) is 20.6 Å². The third kappa shape index (κ3) is 4.96. The average molecular weight is 351 g/mol. The van der Waals surface area contributed by atoms with Gasteiger partial charge in [0, 0.05) is 35.8 Å². The molecule has 0 aliphatic carbocycles. The van der Waals surface area contributed by atoms with Crippen molar-refractivity contribution < 1.29 is 4.79 Å². The van der Waals surface area contributed by atoms with Crippen LogP contribution in [0.15, 0.2) is 66.9 Å². The van der Waals surface area contributed by atoms with Crippen LogP contribution in [0.2, 0.25) is 0 Å². The van der Waals surface area contributed by atoms with E-state index >= 15 is 0 Å². The van der Waals surface area contributed by atoms with Crippen LogP contribution in [0.1, 0.15) is 30.1 Å². The Bertz CT molecular complexity index is 801. The number of carbonyl (C=O) groups excluding carboxylic acids is 1. The van der Waals surface area contributed by atoms with Gasteiger partial charge >= 0.3 is 0 Å². The molecule has 1 aromatic carbocycles. The van der Waals surface area contributed by atoms with Crippen molar-refractivity contribution in [1.82, 2.24) is 15.2 Å². The normalized spacial score (nSPS) is 13.3. The van der Waals surface area contributed by atoms with Crippen LogP contribution in [0.25, 0.3) is 10.9 Å². The fourth-order valence-corrected chi connectivity index (χ4v) is 3.01. The van der Waals surface area contributed by atoms with Crippen molar-refractivity contribution >= 4 is 16.8 Å². The highest BCUT2D eigenvalue weighted by molar-refractivity contribution is 5.98. The maximum absolute atomic E-state index is 13.0. The molecule has 1 aromatic heterocycles. The fourth-order valence-electron chi connectivity index (χ4n) is 3.01. The van der Waals surface area contributed by atoms with Gasteiger partial charge in [0.25, 0.3) is 5.91 Å². The van der Waals surface area contributed by atoms with Gasteiger partial charge in [-0.2, -0.15) is 0 Å². The summed E-state index contributed by atoms with van der Waals surface area (Å²) in [4.78, 5) is 18.1. The molecule has 0 aliphatic heterocycles. The van der Waals surface area contributed by atoms with Crippen molar-refractivity contribution in [3.05, 3.63) is 72.5 Å². The minimum atomic E-state index is 0.0450. The number of rotatable bonds is 9. The van der Waals surface area contributed by atoms with Crippen molar-refractivity contribution in [2.24, 2.45) is 0 Å². The molecule has 0 aliphatic rings. The van der Waals surface area contributed by atoms with E-state index in [2.05, 4.69) is 23.0 Å². The highest BCUT2D eigenvalue weighted by Gasteiger charge is 2.21. The predicted octanol–water partition coefficient (Wildman–Crippen LogP) is 4.30. The molecule has 1 atom stereocenters. The third-order valence-corrected chi connectivity index (χ3v) is 4.63. The highest BCUT2D eigenvalue weighted by atomic mass is 16.2. The van der Waals surface area contributed by atoms with Gasteiger partial charge in [-0.05, 0) is 63.2 Å². The Labute approximate surface area is 156 Å². The van der Waals surface area contributed by atoms with E-state index in [9.17, 15) is 4.79 Å². The number of hydrogen-bond donors (Lipinski definition) is 2. The smallest absolute Gasteiger partial charge is 0.253 e. The molecule has 0 fully saturated rings. The van der Waals surface area contributed by atoms with E-state index < -0.39 is 0 Å². The predicted molar refractivity (Wildman–Crippen MR) is 110 cm³/mol. The molecule has 2 rings (SSSR count). The van der Waals surface area contributed by atoms with Gasteiger partial charge in [0.05, 0.1) is 0 Å². The molecule has 26 heavy (non-hydrogen) atoms. The van der Waals surface area contributed by atoms with E-state index in [0.717, 1.165) is 35.9 Å². The number of benzene rings is 1. The van der Waals surface area contributed by atoms with Crippen LogP contribution in [0.4, 0.5) is 0 Å². The number of aromatic nitrogens is 1. The Kier molecular flexibility index (Phi) is 7.42. The highest BCUT2D eigenvalue weighted by Crippen LogP contribution is 2.20. The third-order valence-electron chi connectivity index (χ3n) is 4.63. The van der Waals surface area contributed by atoms with E-state index in [4.69, 9.17) is 0 Å². The van der Waals surface area contributed by atoms with Crippen LogP contribution >= 0.6 is 0 Å². The Balaban J connectivity index is 2.21. The number of nitrogens with zero attached hydrogens (tertiary/aromatic N) is 1. The van der Waals surface area contributed by atoms with E-state index in [-0.39, 0.29) is 11.9 Å². The lowest BCUT2D eigenvalue weighted by atomic mass is 10.0. The summed E-state index contributed by atoms with van der Waals surface area (Å²) in [5, 5.41) is 4.24. The zero-order valence-corrected chi connectivity index (χ0v) is 16.0. The van der Waals surface area contributed by atoms with Gasteiger partial charge in [0.2, 0.25) is 0 Å². The van der Waals surface area contributed by atoms with E-state index in [0.29, 0.717) is 5.56 Å². The lowest BCUT2D eigenvalue weighted by Gasteiger charge is -2.29. The zero-order valence-electron chi connectivity index (χ0n) is 16.0. The van der Waals surface area contributed by atoms with Crippen LogP contribution in [0, 0.1) is 0 Å². The number of allylic oxidation sites excluding steroid dienone is 4. The minimum absolute atomic E-state index is 0.0450. The first kappa shape index (κ1) is 19.7. The number of aromatic amines is 1. The first-order valence-corrected chi connectivity index (χ1v) is 9.04. The molecule has 2 N–H and O–H groups in total. The molecule has 1 amide bonds. The van der Waals surface area contributed by atoms with Crippen molar-refractivity contribution in [3.8, 4) is 0 Å². The van der Waals surface area contributed by atoms with Crippen LogP contribution in [-0.4, -0.2) is 42.5 Å². The summed E-state index contributed by atoms with van der Waals surface area (Å²) in [7, 11) is 3.82. The lowest BCUT2D eigenvalue weighted by Crippen LogP contribution is -2.39. The van der Waals surface area contributed by atoms with Gasteiger partial charge in [-0.1, -0.05) is 30.9 Å². The van der Waals surface area contributed by atoms with Crippen molar-refractivity contribution in [1.29, 1.82) is 0 Å². The van der Waals surface area contributed by atoms with Gasteiger partial charge in [-0.15, -0.1) is 0 Å². The second kappa shape index (κ2) is 9.78. The second-order valence-electron chi connectivity index (χ2n) is 6.42. The molecule has 0 bridgehead atoms. The molecule has 4 nitrogen and oxygen atoms in total. The number of hydrogen-bond acceptors (Lipinski definition) is 2. The molecule has 0 saturated carbocycles. The summed E-state index contributed by atoms with van der Waals surface area (Å²) in [5.74, 6) is 0.0450. The molecule has 0 spiro atoms. The van der Waals surface area contributed by atoms with E-state index in [1.54, 1.807) is 0 Å². The Hall–Kier alpha value is -2.59. The molecule has 4 heteroatoms. The molecule has 0 saturated heterocycles. The summed E-state index contributed by atoms with van der Waals surface area (Å²) in [6, 6.07) is 7.88. The number of nitrogens with one attached hydrogen (secondary N) is 2. The summed E-state index contributed by atoms with van der Waals surface area (Å²) < 4.78 is 0. The summed E-state index contributed by atoms with van der Waals surface area (Å²) in [6.07, 6.45) is 11.5. The van der Waals surface area contributed by atoms with Crippen LogP contribution < -0.4 is 5.32 Å². The molecule has 0 unspecified atom stereocenters. The first-order chi connectivity index (χ1) is 12.6. The molecular weight excluding hydrogens is 322 g/mol. The van der Waals surface area contributed by atoms with Gasteiger partial charge in [-0.25, -0.2) is 0 Å².